The zero-order valence-corrected chi connectivity index (χ0v) is 14.4. The monoisotopic (exact) mass is 392 g/mol. The summed E-state index contributed by atoms with van der Waals surface area (Å²) < 4.78 is 0. The molecule has 0 heterocycles. The van der Waals surface area contributed by atoms with E-state index < -0.39 is 13.6 Å². The van der Waals surface area contributed by atoms with Gasteiger partial charge >= 0.3 is 33.6 Å². The van der Waals surface area contributed by atoms with Gasteiger partial charge in [-0.25, -0.2) is 48.5 Å². The Balaban J connectivity index is 0. The van der Waals surface area contributed by atoms with Gasteiger partial charge in [0.15, 0.2) is 0 Å². The van der Waals surface area contributed by atoms with E-state index in [-0.39, 0.29) is 17.1 Å². The normalized spacial score (nSPS) is 7.62. The molecule has 0 amide bonds. The van der Waals surface area contributed by atoms with Crippen molar-refractivity contribution in [3.8, 4) is 0 Å². The van der Waals surface area contributed by atoms with Crippen LogP contribution in [0.25, 0.3) is 0 Å². The molecule has 0 spiro atoms. The van der Waals surface area contributed by atoms with Crippen LogP contribution in [0.4, 0.5) is 0 Å². The average Bonchev–Trinajstić information content (AvgIpc) is 2.81. The maximum Gasteiger partial charge on any atom is 0 e. The topological polar surface area (TPSA) is 0 Å². The first-order chi connectivity index (χ1) is 7.20. The van der Waals surface area contributed by atoms with Crippen molar-refractivity contribution in [3.05, 3.63) is 48.5 Å². The Morgan fingerprint density at radius 2 is 0.938 bits per heavy atom. The summed E-state index contributed by atoms with van der Waals surface area (Å²) >= 11 is 8.94. The van der Waals surface area contributed by atoms with E-state index in [4.69, 9.17) is 45.3 Å². The Morgan fingerprint density at radius 3 is 1.00 bits per heavy atom. The van der Waals surface area contributed by atoms with Crippen LogP contribution in [0.5, 0.6) is 0 Å². The third kappa shape index (κ3) is 12.8. The molecule has 0 aromatic heterocycles. The number of hydrogen-bond acceptors (Lipinski definition) is 2. The van der Waals surface area contributed by atoms with Crippen molar-refractivity contribution in [2.75, 3.05) is 0 Å². The summed E-state index contributed by atoms with van der Waals surface area (Å²) in [4.78, 5) is 1.85. The molecular formula is C10H8Cl2FeGeS2-4. The molecule has 0 N–H and O–H groups in total. The van der Waals surface area contributed by atoms with Gasteiger partial charge in [-0.15, -0.1) is 0 Å². The van der Waals surface area contributed by atoms with Crippen LogP contribution in [-0.2, 0) is 42.3 Å². The first-order valence-corrected chi connectivity index (χ1v) is 10.3. The third-order valence-corrected chi connectivity index (χ3v) is 1.81. The first-order valence-electron chi connectivity index (χ1n) is 3.94. The molecule has 0 fully saturated rings. The SMILES string of the molecule is [Cl][Ge][Cl].[Fe].[S-][c-]1cccc1.[S-][c-]1cccc1. The number of rotatable bonds is 0. The van der Waals surface area contributed by atoms with Crippen molar-refractivity contribution >= 4 is 58.8 Å². The Bertz CT molecular complexity index is 279. The summed E-state index contributed by atoms with van der Waals surface area (Å²) in [5.41, 5.74) is 0. The molecule has 0 aliphatic rings. The summed E-state index contributed by atoms with van der Waals surface area (Å²) in [6.07, 6.45) is 0. The predicted octanol–water partition coefficient (Wildman–Crippen LogP) is 3.62. The molecule has 0 unspecified atom stereocenters. The number of halogens is 2. The minimum Gasteiger partial charge on any atom is -0.859 e. The van der Waals surface area contributed by atoms with Crippen LogP contribution in [-0.4, -0.2) is 13.6 Å². The van der Waals surface area contributed by atoms with Gasteiger partial charge in [-0.1, -0.05) is 0 Å². The predicted molar refractivity (Wildman–Crippen MR) is 72.8 cm³/mol. The molecule has 90 valence electrons. The first kappa shape index (κ1) is 19.1. The zero-order chi connectivity index (χ0) is 11.5. The molecule has 0 aliphatic heterocycles. The molecule has 0 bridgehead atoms. The number of hydrogen-bond donors (Lipinski definition) is 0. The van der Waals surface area contributed by atoms with Crippen LogP contribution in [0.2, 0.25) is 0 Å². The zero-order valence-electron chi connectivity index (χ0n) is 8.04. The fourth-order valence-electron chi connectivity index (χ4n) is 0.713. The van der Waals surface area contributed by atoms with E-state index in [0.29, 0.717) is 0 Å². The van der Waals surface area contributed by atoms with Gasteiger partial charge in [0, 0.05) is 17.1 Å². The van der Waals surface area contributed by atoms with Gasteiger partial charge in [0.1, 0.15) is 0 Å². The largest absolute Gasteiger partial charge is 0.859 e. The van der Waals surface area contributed by atoms with Crippen LogP contribution in [0.3, 0.4) is 0 Å². The van der Waals surface area contributed by atoms with Crippen molar-refractivity contribution in [1.82, 2.24) is 0 Å². The van der Waals surface area contributed by atoms with Crippen LogP contribution < -0.4 is 0 Å². The Morgan fingerprint density at radius 1 is 0.750 bits per heavy atom. The molecule has 2 radical (unpaired) electrons. The maximum atomic E-state index is 4.89. The molecule has 2 rings (SSSR count). The van der Waals surface area contributed by atoms with Gasteiger partial charge in [0.2, 0.25) is 0 Å². The van der Waals surface area contributed by atoms with E-state index in [2.05, 4.69) is 0 Å². The Kier molecular flexibility index (Phi) is 16.6. The molecule has 0 atom stereocenters. The summed E-state index contributed by atoms with van der Waals surface area (Å²) in [5.74, 6) is 0. The maximum absolute atomic E-state index is 4.89. The Hall–Kier alpha value is 0.782. The van der Waals surface area contributed by atoms with E-state index in [1.807, 2.05) is 48.5 Å². The second kappa shape index (κ2) is 13.8. The fraction of sp³-hybridized carbons (Fsp3) is 0. The molecule has 0 saturated carbocycles. The van der Waals surface area contributed by atoms with Gasteiger partial charge in [-0.05, 0) is 0 Å². The molecule has 2 aromatic carbocycles. The van der Waals surface area contributed by atoms with Crippen LogP contribution in [0.15, 0.2) is 58.3 Å². The smallest absolute Gasteiger partial charge is 0 e. The quantitative estimate of drug-likeness (QED) is 0.382. The standard InChI is InChI=1S/2C5H4S.Cl2Ge.Fe/c2*6-5-3-1-2-4-5;1-3-2;/h2*1-4H;;/q2*-2;;. The van der Waals surface area contributed by atoms with E-state index in [0.717, 1.165) is 9.79 Å². The van der Waals surface area contributed by atoms with Crippen molar-refractivity contribution in [2.45, 2.75) is 9.79 Å². The molecule has 0 nitrogen and oxygen atoms in total. The molecule has 0 aliphatic carbocycles. The summed E-state index contributed by atoms with van der Waals surface area (Å²) in [6, 6.07) is 15.3. The van der Waals surface area contributed by atoms with Crippen molar-refractivity contribution in [1.29, 1.82) is 0 Å². The second-order valence-electron chi connectivity index (χ2n) is 2.31. The van der Waals surface area contributed by atoms with Gasteiger partial charge in [0.25, 0.3) is 0 Å². The molecular weight excluding hydrogens is 384 g/mol. The fourth-order valence-corrected chi connectivity index (χ4v) is 1.03. The summed E-state index contributed by atoms with van der Waals surface area (Å²) in [6.45, 7) is 0. The van der Waals surface area contributed by atoms with Gasteiger partial charge in [-0.3, -0.25) is 9.79 Å². The van der Waals surface area contributed by atoms with E-state index in [1.165, 1.54) is 0 Å². The minimum atomic E-state index is -0.556. The van der Waals surface area contributed by atoms with Crippen LogP contribution >= 0.6 is 20.0 Å². The second-order valence-corrected chi connectivity index (χ2v) is 6.52. The van der Waals surface area contributed by atoms with Gasteiger partial charge < -0.3 is 25.3 Å². The van der Waals surface area contributed by atoms with Gasteiger partial charge in [0.05, 0.1) is 0 Å². The van der Waals surface area contributed by atoms with Crippen molar-refractivity contribution in [2.24, 2.45) is 0 Å². The van der Waals surface area contributed by atoms with Gasteiger partial charge in [-0.2, -0.15) is 0 Å². The minimum absolute atomic E-state index is 0. The van der Waals surface area contributed by atoms with E-state index in [1.54, 1.807) is 0 Å². The summed E-state index contributed by atoms with van der Waals surface area (Å²) in [7, 11) is 9.78. The van der Waals surface area contributed by atoms with E-state index in [9.17, 15) is 0 Å². The van der Waals surface area contributed by atoms with E-state index >= 15 is 0 Å². The molecule has 6 heteroatoms. The summed E-state index contributed by atoms with van der Waals surface area (Å²) in [5, 5.41) is 0. The molecule has 2 aromatic rings. The molecule has 16 heavy (non-hydrogen) atoms. The van der Waals surface area contributed by atoms with Crippen molar-refractivity contribution in [3.63, 3.8) is 0 Å². The molecule has 0 saturated heterocycles. The van der Waals surface area contributed by atoms with Crippen LogP contribution in [0.1, 0.15) is 0 Å². The third-order valence-electron chi connectivity index (χ3n) is 1.26. The van der Waals surface area contributed by atoms with Crippen molar-refractivity contribution < 1.29 is 17.1 Å². The Labute approximate surface area is 133 Å². The average molecular weight is 392 g/mol. The van der Waals surface area contributed by atoms with Crippen LogP contribution in [0, 0.1) is 0 Å².